The minimum absolute atomic E-state index is 0.0919. The summed E-state index contributed by atoms with van der Waals surface area (Å²) in [5.41, 5.74) is 8.23. The van der Waals surface area contributed by atoms with E-state index in [-0.39, 0.29) is 5.54 Å². The van der Waals surface area contributed by atoms with Gasteiger partial charge in [0.25, 0.3) is 0 Å². The number of fused-ring (bicyclic) bond motifs is 1. The maximum absolute atomic E-state index is 6.19. The van der Waals surface area contributed by atoms with Gasteiger partial charge in [-0.15, -0.1) is 0 Å². The van der Waals surface area contributed by atoms with Crippen LogP contribution in [0.1, 0.15) is 38.0 Å². The minimum Gasteiger partial charge on any atom is -0.360 e. The van der Waals surface area contributed by atoms with E-state index >= 15 is 0 Å². The molecule has 1 fully saturated rings. The molecule has 0 unspecified atom stereocenters. The molecule has 0 saturated heterocycles. The fraction of sp³-hybridized carbons (Fsp3) is 0.500. The third kappa shape index (κ3) is 1.84. The van der Waals surface area contributed by atoms with E-state index in [9.17, 15) is 0 Å². The molecule has 1 saturated carbocycles. The van der Waals surface area contributed by atoms with Gasteiger partial charge in [0, 0.05) is 17.3 Å². The van der Waals surface area contributed by atoms with E-state index in [1.807, 2.05) is 0 Å². The fourth-order valence-electron chi connectivity index (χ4n) is 2.25. The van der Waals surface area contributed by atoms with Crippen LogP contribution in [0.25, 0.3) is 10.9 Å². The van der Waals surface area contributed by atoms with Crippen LogP contribution in [-0.4, -0.2) is 5.16 Å². The average molecular weight is 230 g/mol. The van der Waals surface area contributed by atoms with Gasteiger partial charge in [0.2, 0.25) is 0 Å². The molecule has 1 aromatic carbocycles. The van der Waals surface area contributed by atoms with Gasteiger partial charge in [-0.3, -0.25) is 0 Å². The van der Waals surface area contributed by atoms with Crippen LogP contribution >= 0.6 is 0 Å². The van der Waals surface area contributed by atoms with Gasteiger partial charge in [-0.2, -0.15) is 0 Å². The monoisotopic (exact) mass is 230 g/mol. The summed E-state index contributed by atoms with van der Waals surface area (Å²) in [5.74, 6) is 1.57. The Bertz CT molecular complexity index is 552. The van der Waals surface area contributed by atoms with Gasteiger partial charge in [0.1, 0.15) is 11.3 Å². The Morgan fingerprint density at radius 3 is 2.82 bits per heavy atom. The maximum Gasteiger partial charge on any atom is 0.144 e. The van der Waals surface area contributed by atoms with Gasteiger partial charge in [-0.1, -0.05) is 25.1 Å². The van der Waals surface area contributed by atoms with Crippen molar-refractivity contribution in [3.05, 3.63) is 29.5 Å². The zero-order valence-corrected chi connectivity index (χ0v) is 10.4. The lowest BCUT2D eigenvalue weighted by Crippen LogP contribution is -2.18. The molecule has 0 spiro atoms. The number of benzene rings is 1. The number of nitrogens with zero attached hydrogens (tertiary/aromatic N) is 1. The first kappa shape index (κ1) is 10.8. The zero-order valence-electron chi connectivity index (χ0n) is 10.4. The van der Waals surface area contributed by atoms with Crippen molar-refractivity contribution >= 4 is 10.9 Å². The first-order valence-corrected chi connectivity index (χ1v) is 6.26. The SMILES string of the molecule is CC(C)Cc1onc2cc(C3(N)CC3)ccc12. The summed E-state index contributed by atoms with van der Waals surface area (Å²) < 4.78 is 5.42. The molecule has 1 aromatic heterocycles. The molecule has 0 atom stereocenters. The first-order chi connectivity index (χ1) is 8.08. The molecule has 0 radical (unpaired) electrons. The van der Waals surface area contributed by atoms with E-state index < -0.39 is 0 Å². The second-order valence-corrected chi connectivity index (χ2v) is 5.59. The van der Waals surface area contributed by atoms with Crippen molar-refractivity contribution in [3.63, 3.8) is 0 Å². The largest absolute Gasteiger partial charge is 0.360 e. The first-order valence-electron chi connectivity index (χ1n) is 6.26. The van der Waals surface area contributed by atoms with Crippen LogP contribution in [-0.2, 0) is 12.0 Å². The smallest absolute Gasteiger partial charge is 0.144 e. The van der Waals surface area contributed by atoms with E-state index in [4.69, 9.17) is 10.3 Å². The summed E-state index contributed by atoms with van der Waals surface area (Å²) in [4.78, 5) is 0. The van der Waals surface area contributed by atoms with Gasteiger partial charge in [-0.05, 0) is 36.5 Å². The highest BCUT2D eigenvalue weighted by molar-refractivity contribution is 5.81. The third-order valence-electron chi connectivity index (χ3n) is 3.51. The highest BCUT2D eigenvalue weighted by atomic mass is 16.5. The van der Waals surface area contributed by atoms with Crippen LogP contribution in [0.2, 0.25) is 0 Å². The second kappa shape index (κ2) is 3.57. The molecule has 3 heteroatoms. The second-order valence-electron chi connectivity index (χ2n) is 5.59. The Morgan fingerprint density at radius 2 is 2.18 bits per heavy atom. The van der Waals surface area contributed by atoms with Crippen LogP contribution in [0.4, 0.5) is 0 Å². The Balaban J connectivity index is 2.02. The molecule has 17 heavy (non-hydrogen) atoms. The zero-order chi connectivity index (χ0) is 12.0. The Morgan fingerprint density at radius 1 is 1.41 bits per heavy atom. The van der Waals surface area contributed by atoms with Crippen LogP contribution in [0, 0.1) is 5.92 Å². The summed E-state index contributed by atoms with van der Waals surface area (Å²) in [6, 6.07) is 6.30. The van der Waals surface area contributed by atoms with E-state index in [1.165, 1.54) is 5.56 Å². The minimum atomic E-state index is -0.0919. The number of hydrogen-bond acceptors (Lipinski definition) is 3. The molecule has 0 bridgehead atoms. The summed E-state index contributed by atoms with van der Waals surface area (Å²) in [6.07, 6.45) is 3.09. The summed E-state index contributed by atoms with van der Waals surface area (Å²) in [6.45, 7) is 4.36. The molecule has 1 heterocycles. The Kier molecular flexibility index (Phi) is 2.26. The molecule has 90 valence electrons. The van der Waals surface area contributed by atoms with Gasteiger partial charge in [0.15, 0.2) is 0 Å². The molecular formula is C14H18N2O. The van der Waals surface area contributed by atoms with Gasteiger partial charge in [-0.25, -0.2) is 0 Å². The molecule has 3 rings (SSSR count). The summed E-state index contributed by atoms with van der Waals surface area (Å²) in [5, 5.41) is 5.27. The number of aromatic nitrogens is 1. The van der Waals surface area contributed by atoms with Gasteiger partial charge < -0.3 is 10.3 Å². The molecular weight excluding hydrogens is 212 g/mol. The molecule has 0 aliphatic heterocycles. The van der Waals surface area contributed by atoms with Crippen LogP contribution < -0.4 is 5.73 Å². The lowest BCUT2D eigenvalue weighted by atomic mass is 10.0. The van der Waals surface area contributed by atoms with Crippen LogP contribution in [0.5, 0.6) is 0 Å². The van der Waals surface area contributed by atoms with Crippen LogP contribution in [0.3, 0.4) is 0 Å². The van der Waals surface area contributed by atoms with E-state index in [0.29, 0.717) is 5.92 Å². The molecule has 0 amide bonds. The van der Waals surface area contributed by atoms with Crippen molar-refractivity contribution in [3.8, 4) is 0 Å². The highest BCUT2D eigenvalue weighted by Gasteiger charge is 2.40. The van der Waals surface area contributed by atoms with Gasteiger partial charge >= 0.3 is 0 Å². The molecule has 2 N–H and O–H groups in total. The number of nitrogens with two attached hydrogens (primary N) is 1. The summed E-state index contributed by atoms with van der Waals surface area (Å²) >= 11 is 0. The van der Waals surface area contributed by atoms with E-state index in [0.717, 1.165) is 35.9 Å². The van der Waals surface area contributed by atoms with E-state index in [1.54, 1.807) is 0 Å². The number of rotatable bonds is 3. The number of hydrogen-bond donors (Lipinski definition) is 1. The average Bonchev–Trinajstić information content (AvgIpc) is 2.91. The molecule has 3 nitrogen and oxygen atoms in total. The van der Waals surface area contributed by atoms with Crippen molar-refractivity contribution < 1.29 is 4.52 Å². The normalized spacial score (nSPS) is 17.9. The molecule has 2 aromatic rings. The van der Waals surface area contributed by atoms with Crippen molar-refractivity contribution in [1.82, 2.24) is 5.16 Å². The topological polar surface area (TPSA) is 52.0 Å². The van der Waals surface area contributed by atoms with Crippen molar-refractivity contribution in [2.24, 2.45) is 11.7 Å². The standard InChI is InChI=1S/C14H18N2O/c1-9(2)7-13-11-4-3-10(14(15)5-6-14)8-12(11)16-17-13/h3-4,8-9H,5-7,15H2,1-2H3. The summed E-state index contributed by atoms with van der Waals surface area (Å²) in [7, 11) is 0. The predicted octanol–water partition coefficient (Wildman–Crippen LogP) is 2.97. The molecule has 1 aliphatic rings. The van der Waals surface area contributed by atoms with Crippen LogP contribution in [0.15, 0.2) is 22.7 Å². The quantitative estimate of drug-likeness (QED) is 0.881. The lowest BCUT2D eigenvalue weighted by Gasteiger charge is -2.08. The predicted molar refractivity (Wildman–Crippen MR) is 67.7 cm³/mol. The van der Waals surface area contributed by atoms with Crippen molar-refractivity contribution in [2.75, 3.05) is 0 Å². The van der Waals surface area contributed by atoms with Crippen molar-refractivity contribution in [2.45, 2.75) is 38.6 Å². The maximum atomic E-state index is 6.19. The Hall–Kier alpha value is -1.35. The van der Waals surface area contributed by atoms with E-state index in [2.05, 4.69) is 37.2 Å². The molecule has 1 aliphatic carbocycles. The Labute approximate surface area is 101 Å². The van der Waals surface area contributed by atoms with Gasteiger partial charge in [0.05, 0.1) is 0 Å². The van der Waals surface area contributed by atoms with Crippen molar-refractivity contribution in [1.29, 1.82) is 0 Å². The fourth-order valence-corrected chi connectivity index (χ4v) is 2.25. The third-order valence-corrected chi connectivity index (χ3v) is 3.51. The highest BCUT2D eigenvalue weighted by Crippen LogP contribution is 2.43. The lowest BCUT2D eigenvalue weighted by molar-refractivity contribution is 0.376.